The molecule has 1 N–H and O–H groups in total. The van der Waals surface area contributed by atoms with E-state index in [1.165, 1.54) is 19.3 Å². The van der Waals surface area contributed by atoms with E-state index in [0.717, 1.165) is 37.5 Å². The van der Waals surface area contributed by atoms with E-state index >= 15 is 0 Å². The zero-order valence-corrected chi connectivity index (χ0v) is 17.1. The minimum absolute atomic E-state index is 0.111. The number of piperidine rings is 1. The second-order valence-corrected chi connectivity index (χ2v) is 8.48. The van der Waals surface area contributed by atoms with Crippen molar-refractivity contribution >= 4 is 5.91 Å². The van der Waals surface area contributed by atoms with Crippen LogP contribution in [0.1, 0.15) is 79.8 Å². The number of likely N-dealkylation sites (tertiary alicyclic amines) is 1. The Hall–Kier alpha value is -2.59. The minimum Gasteiger partial charge on any atom is -0.443 e. The van der Waals surface area contributed by atoms with Crippen molar-refractivity contribution in [2.75, 3.05) is 13.1 Å². The van der Waals surface area contributed by atoms with E-state index < -0.39 is 5.60 Å². The summed E-state index contributed by atoms with van der Waals surface area (Å²) in [4.78, 5) is 14.6. The van der Waals surface area contributed by atoms with Crippen molar-refractivity contribution in [3.05, 3.63) is 35.3 Å². The van der Waals surface area contributed by atoms with Crippen LogP contribution >= 0.6 is 0 Å². The molecule has 0 unspecified atom stereocenters. The third-order valence-corrected chi connectivity index (χ3v) is 5.59. The van der Waals surface area contributed by atoms with Crippen LogP contribution in [-0.4, -0.2) is 49.4 Å². The molecule has 7 nitrogen and oxygen atoms in total. The molecule has 29 heavy (non-hydrogen) atoms. The predicted molar refractivity (Wildman–Crippen MR) is 107 cm³/mol. The molecule has 1 fully saturated rings. The van der Waals surface area contributed by atoms with Gasteiger partial charge in [-0.2, -0.15) is 0 Å². The van der Waals surface area contributed by atoms with Gasteiger partial charge >= 0.3 is 0 Å². The number of aryl methyl sites for hydroxylation is 1. The van der Waals surface area contributed by atoms with Crippen LogP contribution in [0.15, 0.2) is 16.5 Å². The molecule has 1 amide bonds. The van der Waals surface area contributed by atoms with Gasteiger partial charge < -0.3 is 19.0 Å². The Morgan fingerprint density at radius 3 is 2.72 bits per heavy atom. The molecule has 0 atom stereocenters. The highest BCUT2D eigenvalue weighted by molar-refractivity contribution is 5.91. The SMILES string of the molecule is CC(C)(O)C#Cc1ccc(C(=O)N2CCC(c3nnc4n3CCCCC4)CC2)o1. The van der Waals surface area contributed by atoms with Crippen molar-refractivity contribution in [1.29, 1.82) is 0 Å². The van der Waals surface area contributed by atoms with E-state index in [0.29, 0.717) is 30.5 Å². The first-order chi connectivity index (χ1) is 13.9. The second-order valence-electron chi connectivity index (χ2n) is 8.48. The van der Waals surface area contributed by atoms with Crippen LogP contribution in [0.25, 0.3) is 0 Å². The lowest BCUT2D eigenvalue weighted by Crippen LogP contribution is -2.38. The smallest absolute Gasteiger partial charge is 0.289 e. The Morgan fingerprint density at radius 1 is 1.17 bits per heavy atom. The summed E-state index contributed by atoms with van der Waals surface area (Å²) in [7, 11) is 0. The maximum absolute atomic E-state index is 12.8. The van der Waals surface area contributed by atoms with Crippen molar-refractivity contribution in [3.63, 3.8) is 0 Å². The third kappa shape index (κ3) is 4.54. The maximum atomic E-state index is 12.8. The molecule has 2 aliphatic heterocycles. The van der Waals surface area contributed by atoms with Gasteiger partial charge in [-0.3, -0.25) is 4.79 Å². The third-order valence-electron chi connectivity index (χ3n) is 5.59. The number of nitrogens with zero attached hydrogens (tertiary/aromatic N) is 4. The van der Waals surface area contributed by atoms with Gasteiger partial charge in [-0.05, 0) is 57.6 Å². The Kier molecular flexibility index (Phi) is 5.46. The van der Waals surface area contributed by atoms with Crippen LogP contribution in [0.4, 0.5) is 0 Å². The molecule has 2 aromatic heterocycles. The molecule has 7 heteroatoms. The molecule has 0 spiro atoms. The van der Waals surface area contributed by atoms with Gasteiger partial charge in [-0.15, -0.1) is 10.2 Å². The minimum atomic E-state index is -1.10. The lowest BCUT2D eigenvalue weighted by Gasteiger charge is -2.31. The van der Waals surface area contributed by atoms with Crippen LogP contribution in [-0.2, 0) is 13.0 Å². The topological polar surface area (TPSA) is 84.4 Å². The van der Waals surface area contributed by atoms with Gasteiger partial charge in [0, 0.05) is 32.0 Å². The normalized spacial score (nSPS) is 18.0. The molecular formula is C22H28N4O3. The fraction of sp³-hybridized carbons (Fsp3) is 0.591. The number of fused-ring (bicyclic) bond motifs is 1. The van der Waals surface area contributed by atoms with Crippen LogP contribution in [0.3, 0.4) is 0 Å². The summed E-state index contributed by atoms with van der Waals surface area (Å²) < 4.78 is 7.89. The molecule has 2 aromatic rings. The largest absolute Gasteiger partial charge is 0.443 e. The highest BCUT2D eigenvalue weighted by Crippen LogP contribution is 2.29. The first kappa shape index (κ1) is 19.7. The fourth-order valence-corrected chi connectivity index (χ4v) is 4.04. The second kappa shape index (κ2) is 8.03. The zero-order chi connectivity index (χ0) is 20.4. The maximum Gasteiger partial charge on any atom is 0.289 e. The first-order valence-electron chi connectivity index (χ1n) is 10.5. The van der Waals surface area contributed by atoms with Gasteiger partial charge in [-0.25, -0.2) is 0 Å². The monoisotopic (exact) mass is 396 g/mol. The molecule has 154 valence electrons. The lowest BCUT2D eigenvalue weighted by atomic mass is 9.95. The summed E-state index contributed by atoms with van der Waals surface area (Å²) in [5, 5.41) is 18.6. The summed E-state index contributed by atoms with van der Waals surface area (Å²) in [6.07, 6.45) is 6.41. The van der Waals surface area contributed by atoms with Crippen LogP contribution < -0.4 is 0 Å². The molecule has 4 rings (SSSR count). The number of hydrogen-bond acceptors (Lipinski definition) is 5. The van der Waals surface area contributed by atoms with E-state index in [2.05, 4.69) is 26.6 Å². The van der Waals surface area contributed by atoms with Crippen LogP contribution in [0.5, 0.6) is 0 Å². The van der Waals surface area contributed by atoms with E-state index in [1.54, 1.807) is 26.0 Å². The number of rotatable bonds is 2. The number of aliphatic hydroxyl groups is 1. The van der Waals surface area contributed by atoms with Gasteiger partial charge in [0.2, 0.25) is 0 Å². The molecule has 0 radical (unpaired) electrons. The summed E-state index contributed by atoms with van der Waals surface area (Å²) in [5.41, 5.74) is -1.10. The molecule has 2 aliphatic rings. The van der Waals surface area contributed by atoms with Crippen molar-refractivity contribution in [1.82, 2.24) is 19.7 Å². The predicted octanol–water partition coefficient (Wildman–Crippen LogP) is 2.74. The summed E-state index contributed by atoms with van der Waals surface area (Å²) in [6, 6.07) is 3.32. The van der Waals surface area contributed by atoms with Crippen LogP contribution in [0, 0.1) is 11.8 Å². The van der Waals surface area contributed by atoms with Crippen molar-refractivity contribution < 1.29 is 14.3 Å². The number of hydrogen-bond donors (Lipinski definition) is 1. The average molecular weight is 396 g/mol. The van der Waals surface area contributed by atoms with Gasteiger partial charge in [0.25, 0.3) is 5.91 Å². The summed E-state index contributed by atoms with van der Waals surface area (Å²) >= 11 is 0. The zero-order valence-electron chi connectivity index (χ0n) is 17.1. The Labute approximate surface area is 171 Å². The standard InChI is InChI=1S/C22H28N4O3/c1-22(2,28)12-9-17-7-8-18(29-17)21(27)25-14-10-16(11-15-25)20-24-23-19-6-4-3-5-13-26(19)20/h7-8,16,28H,3-6,10-11,13-15H2,1-2H3. The first-order valence-corrected chi connectivity index (χ1v) is 10.5. The fourth-order valence-electron chi connectivity index (χ4n) is 4.04. The summed E-state index contributed by atoms with van der Waals surface area (Å²) in [5.74, 6) is 8.59. The molecule has 0 aliphatic carbocycles. The van der Waals surface area contributed by atoms with E-state index in [4.69, 9.17) is 4.42 Å². The average Bonchev–Trinajstić information content (AvgIpc) is 3.27. The van der Waals surface area contributed by atoms with E-state index in [-0.39, 0.29) is 5.91 Å². The number of amides is 1. The van der Waals surface area contributed by atoms with Crippen molar-refractivity contribution in [3.8, 4) is 11.8 Å². The molecule has 0 saturated carbocycles. The number of furan rings is 1. The molecular weight excluding hydrogens is 368 g/mol. The quantitative estimate of drug-likeness (QED) is 0.789. The highest BCUT2D eigenvalue weighted by atomic mass is 16.4. The number of carbonyl (C=O) groups is 1. The Balaban J connectivity index is 1.39. The Morgan fingerprint density at radius 2 is 1.97 bits per heavy atom. The summed E-state index contributed by atoms with van der Waals surface area (Å²) in [6.45, 7) is 5.58. The molecule has 0 aromatic carbocycles. The van der Waals surface area contributed by atoms with Crippen molar-refractivity contribution in [2.24, 2.45) is 0 Å². The molecule has 1 saturated heterocycles. The highest BCUT2D eigenvalue weighted by Gasteiger charge is 2.29. The van der Waals surface area contributed by atoms with Gasteiger partial charge in [-0.1, -0.05) is 12.3 Å². The molecule has 4 heterocycles. The molecule has 0 bridgehead atoms. The van der Waals surface area contributed by atoms with Gasteiger partial charge in [0.05, 0.1) is 0 Å². The van der Waals surface area contributed by atoms with E-state index in [1.807, 2.05) is 4.90 Å². The number of aromatic nitrogens is 3. The van der Waals surface area contributed by atoms with Gasteiger partial charge in [0.1, 0.15) is 17.2 Å². The lowest BCUT2D eigenvalue weighted by molar-refractivity contribution is 0.0677. The van der Waals surface area contributed by atoms with Gasteiger partial charge in [0.15, 0.2) is 11.5 Å². The number of carbonyl (C=O) groups excluding carboxylic acids is 1. The van der Waals surface area contributed by atoms with E-state index in [9.17, 15) is 9.90 Å². The van der Waals surface area contributed by atoms with Crippen LogP contribution in [0.2, 0.25) is 0 Å². The van der Waals surface area contributed by atoms with Crippen molar-refractivity contribution in [2.45, 2.75) is 70.4 Å². The Bertz CT molecular complexity index is 933.